The first-order valence-corrected chi connectivity index (χ1v) is 9.27. The maximum Gasteiger partial charge on any atom is 0.121 e. The number of benzene rings is 1. The Morgan fingerprint density at radius 3 is 2.82 bits per heavy atom. The zero-order chi connectivity index (χ0) is 15.4. The van der Waals surface area contributed by atoms with Crippen LogP contribution in [-0.4, -0.2) is 45.8 Å². The Bertz CT molecular complexity index is 828. The van der Waals surface area contributed by atoms with Gasteiger partial charge < -0.3 is 4.74 Å². The second-order valence-corrected chi connectivity index (χ2v) is 8.80. The van der Waals surface area contributed by atoms with Crippen molar-refractivity contribution in [3.8, 4) is 5.75 Å². The average molecular weight is 317 g/mol. The SMILES string of the molecule is COc1ccc2c(CN3CC4(C3)CS(=N)(=O)C4)ccnc2c1. The van der Waals surface area contributed by atoms with E-state index in [4.69, 9.17) is 9.52 Å². The molecule has 0 saturated carbocycles. The van der Waals surface area contributed by atoms with E-state index in [1.807, 2.05) is 18.3 Å². The molecule has 4 rings (SSSR count). The monoisotopic (exact) mass is 317 g/mol. The molecule has 2 saturated heterocycles. The van der Waals surface area contributed by atoms with Crippen LogP contribution >= 0.6 is 0 Å². The van der Waals surface area contributed by atoms with Crippen molar-refractivity contribution in [2.75, 3.05) is 31.7 Å². The summed E-state index contributed by atoms with van der Waals surface area (Å²) in [6.07, 6.45) is 1.84. The minimum Gasteiger partial charge on any atom is -0.497 e. The Labute approximate surface area is 130 Å². The standard InChI is InChI=1S/C16H19N3O2S/c1-21-13-2-3-14-12(4-5-18-15(14)6-13)7-19-8-16(9-19)10-22(17,20)11-16/h2-6,17H,7-11H2,1H3. The Kier molecular flexibility index (Phi) is 2.96. The van der Waals surface area contributed by atoms with E-state index >= 15 is 0 Å². The highest BCUT2D eigenvalue weighted by Crippen LogP contribution is 2.42. The van der Waals surface area contributed by atoms with Gasteiger partial charge in [0.05, 0.1) is 12.6 Å². The number of pyridine rings is 1. The first-order chi connectivity index (χ1) is 10.5. The second-order valence-electron chi connectivity index (χ2n) is 6.60. The van der Waals surface area contributed by atoms with Crippen molar-refractivity contribution in [2.45, 2.75) is 6.54 Å². The Morgan fingerprint density at radius 2 is 2.14 bits per heavy atom. The maximum absolute atomic E-state index is 11.6. The molecule has 0 radical (unpaired) electrons. The number of hydrogen-bond acceptors (Lipinski definition) is 5. The predicted molar refractivity (Wildman–Crippen MR) is 86.6 cm³/mol. The Hall–Kier alpha value is -1.66. The van der Waals surface area contributed by atoms with Crippen molar-refractivity contribution < 1.29 is 8.95 Å². The maximum atomic E-state index is 11.6. The van der Waals surface area contributed by atoms with E-state index in [0.717, 1.165) is 36.3 Å². The van der Waals surface area contributed by atoms with Crippen LogP contribution in [0.5, 0.6) is 5.75 Å². The fourth-order valence-corrected chi connectivity index (χ4v) is 6.10. The fraction of sp³-hybridized carbons (Fsp3) is 0.438. The van der Waals surface area contributed by atoms with Gasteiger partial charge >= 0.3 is 0 Å². The first-order valence-electron chi connectivity index (χ1n) is 7.37. The van der Waals surface area contributed by atoms with Crippen LogP contribution in [0.25, 0.3) is 10.9 Å². The van der Waals surface area contributed by atoms with Crippen LogP contribution in [0.2, 0.25) is 0 Å². The molecule has 1 N–H and O–H groups in total. The van der Waals surface area contributed by atoms with Crippen LogP contribution in [0.3, 0.4) is 0 Å². The lowest BCUT2D eigenvalue weighted by Gasteiger charge is -2.56. The number of ether oxygens (including phenoxy) is 1. The Balaban J connectivity index is 1.51. The predicted octanol–water partition coefficient (Wildman–Crippen LogP) is 2.11. The normalized spacial score (nSPS) is 22.2. The number of aromatic nitrogens is 1. The van der Waals surface area contributed by atoms with E-state index in [1.54, 1.807) is 7.11 Å². The summed E-state index contributed by atoms with van der Waals surface area (Å²) in [5.74, 6) is 2.00. The van der Waals surface area contributed by atoms with Gasteiger partial charge in [-0.25, -0.2) is 4.21 Å². The summed E-state index contributed by atoms with van der Waals surface area (Å²) in [5.41, 5.74) is 2.38. The minimum absolute atomic E-state index is 0.172. The van der Waals surface area contributed by atoms with Gasteiger partial charge in [-0.1, -0.05) is 0 Å². The molecule has 1 aromatic carbocycles. The van der Waals surface area contributed by atoms with Crippen LogP contribution in [0, 0.1) is 10.2 Å². The number of methoxy groups -OCH3 is 1. The van der Waals surface area contributed by atoms with Crippen molar-refractivity contribution in [2.24, 2.45) is 5.41 Å². The van der Waals surface area contributed by atoms with E-state index in [2.05, 4.69) is 22.0 Å². The van der Waals surface area contributed by atoms with Gasteiger partial charge in [-0.15, -0.1) is 0 Å². The largest absolute Gasteiger partial charge is 0.497 e. The lowest BCUT2D eigenvalue weighted by Crippen LogP contribution is -2.67. The van der Waals surface area contributed by atoms with Crippen LogP contribution in [0.1, 0.15) is 5.56 Å². The third kappa shape index (κ3) is 2.27. The highest BCUT2D eigenvalue weighted by atomic mass is 32.2. The third-order valence-corrected chi connectivity index (χ3v) is 6.79. The Morgan fingerprint density at radius 1 is 1.36 bits per heavy atom. The van der Waals surface area contributed by atoms with Crippen molar-refractivity contribution >= 4 is 20.6 Å². The number of nitrogens with one attached hydrogen (secondary N) is 1. The topological polar surface area (TPSA) is 66.3 Å². The smallest absolute Gasteiger partial charge is 0.121 e. The summed E-state index contributed by atoms with van der Waals surface area (Å²) in [7, 11) is -0.579. The van der Waals surface area contributed by atoms with Gasteiger partial charge in [0, 0.05) is 63.9 Å². The minimum atomic E-state index is -2.24. The summed E-state index contributed by atoms with van der Waals surface area (Å²) >= 11 is 0. The molecule has 1 aromatic heterocycles. The van der Waals surface area contributed by atoms with Gasteiger partial charge in [-0.3, -0.25) is 14.7 Å². The van der Waals surface area contributed by atoms with E-state index in [0.29, 0.717) is 11.5 Å². The fourth-order valence-electron chi connectivity index (χ4n) is 3.84. The average Bonchev–Trinajstić information content (AvgIpc) is 2.43. The van der Waals surface area contributed by atoms with E-state index in [-0.39, 0.29) is 5.41 Å². The second kappa shape index (κ2) is 4.67. The molecule has 0 atom stereocenters. The van der Waals surface area contributed by atoms with Gasteiger partial charge in [-0.05, 0) is 23.8 Å². The molecule has 0 unspecified atom stereocenters. The number of hydrogen-bond donors (Lipinski definition) is 1. The van der Waals surface area contributed by atoms with Gasteiger partial charge in [0.1, 0.15) is 5.75 Å². The van der Waals surface area contributed by atoms with E-state index in [9.17, 15) is 4.21 Å². The van der Waals surface area contributed by atoms with Crippen molar-refractivity contribution in [3.63, 3.8) is 0 Å². The zero-order valence-corrected chi connectivity index (χ0v) is 13.4. The summed E-state index contributed by atoms with van der Waals surface area (Å²) in [6, 6.07) is 8.05. The molecular weight excluding hydrogens is 298 g/mol. The molecule has 2 aromatic rings. The molecular formula is C16H19N3O2S. The summed E-state index contributed by atoms with van der Waals surface area (Å²) in [4.78, 5) is 6.78. The molecule has 2 aliphatic rings. The quantitative estimate of drug-likeness (QED) is 0.941. The number of fused-ring (bicyclic) bond motifs is 1. The number of nitrogens with zero attached hydrogens (tertiary/aromatic N) is 2. The third-order valence-electron chi connectivity index (χ3n) is 4.63. The molecule has 2 aliphatic heterocycles. The van der Waals surface area contributed by atoms with Crippen molar-refractivity contribution in [3.05, 3.63) is 36.0 Å². The molecule has 5 nitrogen and oxygen atoms in total. The lowest BCUT2D eigenvalue weighted by atomic mass is 9.82. The number of likely N-dealkylation sites (tertiary alicyclic amines) is 1. The van der Waals surface area contributed by atoms with Crippen LogP contribution in [0.4, 0.5) is 0 Å². The molecule has 0 bridgehead atoms. The van der Waals surface area contributed by atoms with Crippen LogP contribution < -0.4 is 4.74 Å². The molecule has 116 valence electrons. The van der Waals surface area contributed by atoms with E-state index < -0.39 is 9.73 Å². The summed E-state index contributed by atoms with van der Waals surface area (Å²) in [5, 5.41) is 1.15. The molecule has 0 aliphatic carbocycles. The lowest BCUT2D eigenvalue weighted by molar-refractivity contribution is 0.0198. The van der Waals surface area contributed by atoms with Gasteiger partial charge in [0.2, 0.25) is 0 Å². The highest BCUT2D eigenvalue weighted by Gasteiger charge is 2.53. The van der Waals surface area contributed by atoms with Gasteiger partial charge in [-0.2, -0.15) is 0 Å². The summed E-state index contributed by atoms with van der Waals surface area (Å²) in [6.45, 7) is 2.80. The van der Waals surface area contributed by atoms with Crippen molar-refractivity contribution in [1.29, 1.82) is 4.78 Å². The first kappa shape index (κ1) is 14.0. The number of rotatable bonds is 3. The molecule has 0 amide bonds. The van der Waals surface area contributed by atoms with E-state index in [1.165, 1.54) is 5.56 Å². The van der Waals surface area contributed by atoms with Crippen molar-refractivity contribution in [1.82, 2.24) is 9.88 Å². The van der Waals surface area contributed by atoms with Gasteiger partial charge in [0.25, 0.3) is 0 Å². The molecule has 6 heteroatoms. The van der Waals surface area contributed by atoms with Crippen LogP contribution in [-0.2, 0) is 16.3 Å². The molecule has 3 heterocycles. The molecule has 22 heavy (non-hydrogen) atoms. The van der Waals surface area contributed by atoms with Gasteiger partial charge in [0.15, 0.2) is 0 Å². The highest BCUT2D eigenvalue weighted by molar-refractivity contribution is 7.93. The molecule has 2 fully saturated rings. The molecule has 1 spiro atoms. The van der Waals surface area contributed by atoms with Crippen LogP contribution in [0.15, 0.2) is 30.5 Å². The summed E-state index contributed by atoms with van der Waals surface area (Å²) < 4.78 is 24.4. The zero-order valence-electron chi connectivity index (χ0n) is 12.5.